The molecule has 1 aromatic rings. The fourth-order valence-electron chi connectivity index (χ4n) is 1.32. The molecule has 3 atom stereocenters. The summed E-state index contributed by atoms with van der Waals surface area (Å²) < 4.78 is 33.5. The summed E-state index contributed by atoms with van der Waals surface area (Å²) in [5, 5.41) is 9.23. The number of halogens is 2. The van der Waals surface area contributed by atoms with E-state index in [2.05, 4.69) is 4.52 Å². The van der Waals surface area contributed by atoms with Crippen molar-refractivity contribution in [2.45, 2.75) is 17.9 Å². The van der Waals surface area contributed by atoms with E-state index < -0.39 is 44.5 Å². The molecule has 1 aromatic heterocycles. The molecule has 0 fully saturated rings. The van der Waals surface area contributed by atoms with Crippen LogP contribution in [0, 0.1) is 0 Å². The lowest BCUT2D eigenvalue weighted by Crippen LogP contribution is -2.38. The van der Waals surface area contributed by atoms with E-state index in [1.54, 1.807) is 0 Å². The number of aliphatic hydroxyl groups is 1. The zero-order valence-electron chi connectivity index (χ0n) is 9.94. The molecule has 0 saturated carbocycles. The molecule has 0 aliphatic rings. The lowest BCUT2D eigenvalue weighted by Gasteiger charge is -2.24. The predicted molar refractivity (Wildman–Crippen MR) is 66.6 cm³/mol. The monoisotopic (exact) mass is 328 g/mol. The van der Waals surface area contributed by atoms with Crippen LogP contribution in [0.5, 0.6) is 0 Å². The van der Waals surface area contributed by atoms with E-state index in [-0.39, 0.29) is 6.61 Å². The smallest absolute Gasteiger partial charge is 0.330 e. The van der Waals surface area contributed by atoms with Crippen molar-refractivity contribution < 1.29 is 23.3 Å². The molecule has 0 aliphatic carbocycles. The van der Waals surface area contributed by atoms with Gasteiger partial charge in [-0.15, -0.1) is 0 Å². The standard InChI is InChI=1S/C9H11ClFN2O6P/c10-8(15)5(4-18-20-17)19-7(3-11)13-2-1-6(14)12-9(13)16/h1-2,5,7-8,15H,3-4H2,(H,12,14,16)/t5-,7-,8-/m1/s1. The van der Waals surface area contributed by atoms with Crippen LogP contribution in [0.3, 0.4) is 0 Å². The summed E-state index contributed by atoms with van der Waals surface area (Å²) in [5.41, 5.74) is -3.10. The molecule has 0 saturated heterocycles. The van der Waals surface area contributed by atoms with Gasteiger partial charge in [0.15, 0.2) is 11.8 Å². The topological polar surface area (TPSA) is 111 Å². The van der Waals surface area contributed by atoms with Crippen LogP contribution in [0.2, 0.25) is 0 Å². The van der Waals surface area contributed by atoms with E-state index in [9.17, 15) is 23.7 Å². The number of H-pyrrole nitrogens is 1. The average molecular weight is 329 g/mol. The van der Waals surface area contributed by atoms with Crippen LogP contribution in [0.15, 0.2) is 21.9 Å². The summed E-state index contributed by atoms with van der Waals surface area (Å²) in [5.74, 6) is 0. The highest BCUT2D eigenvalue weighted by Gasteiger charge is 2.24. The Hall–Kier alpha value is -1.12. The molecule has 0 aliphatic heterocycles. The molecule has 0 amide bonds. The van der Waals surface area contributed by atoms with Crippen LogP contribution in [-0.2, 0) is 13.8 Å². The number of hydrogen-bond donors (Lipinski definition) is 2. The number of nitrogens with one attached hydrogen (secondary N) is 1. The van der Waals surface area contributed by atoms with E-state index in [1.807, 2.05) is 4.98 Å². The lowest BCUT2D eigenvalue weighted by atomic mass is 10.4. The summed E-state index contributed by atoms with van der Waals surface area (Å²) >= 11 is 5.41. The first-order chi connectivity index (χ1) is 9.49. The van der Waals surface area contributed by atoms with Gasteiger partial charge >= 0.3 is 14.4 Å². The normalized spacial score (nSPS) is 15.9. The highest BCUT2D eigenvalue weighted by molar-refractivity contribution is 7.17. The van der Waals surface area contributed by atoms with Gasteiger partial charge in [-0.25, -0.2) is 13.8 Å². The molecule has 0 aromatic carbocycles. The summed E-state index contributed by atoms with van der Waals surface area (Å²) in [4.78, 5) is 24.3. The van der Waals surface area contributed by atoms with Crippen LogP contribution in [-0.4, -0.2) is 39.6 Å². The second-order valence-electron chi connectivity index (χ2n) is 3.54. The van der Waals surface area contributed by atoms with E-state index in [0.717, 1.165) is 16.8 Å². The number of aromatic amines is 1. The van der Waals surface area contributed by atoms with Crippen LogP contribution < -0.4 is 11.2 Å². The maximum atomic E-state index is 13.0. The SMILES string of the molecule is O=POC[C@@H](O[C@H](CF)n1ccc(=O)[nH]c1=O)[C@@H](O)Cl. The first kappa shape index (κ1) is 16.9. The minimum absolute atomic E-state index is 0.385. The molecule has 0 bridgehead atoms. The Labute approximate surface area is 118 Å². The summed E-state index contributed by atoms with van der Waals surface area (Å²) in [7, 11) is -0.667. The van der Waals surface area contributed by atoms with Crippen LogP contribution >= 0.6 is 20.3 Å². The Kier molecular flexibility index (Phi) is 6.97. The largest absolute Gasteiger partial charge is 0.375 e. The Morgan fingerprint density at radius 1 is 1.55 bits per heavy atom. The molecule has 8 nitrogen and oxygen atoms in total. The van der Waals surface area contributed by atoms with E-state index in [0.29, 0.717) is 0 Å². The number of nitrogens with zero attached hydrogens (tertiary/aromatic N) is 1. The number of aromatic nitrogens is 2. The van der Waals surface area contributed by atoms with Gasteiger partial charge in [-0.3, -0.25) is 18.9 Å². The maximum absolute atomic E-state index is 13.0. The zero-order valence-corrected chi connectivity index (χ0v) is 11.6. The van der Waals surface area contributed by atoms with Gasteiger partial charge in [0.1, 0.15) is 12.8 Å². The zero-order chi connectivity index (χ0) is 15.1. The number of alkyl halides is 2. The Morgan fingerprint density at radius 2 is 2.25 bits per heavy atom. The third-order valence-electron chi connectivity index (χ3n) is 2.22. The van der Waals surface area contributed by atoms with Crippen molar-refractivity contribution in [1.82, 2.24) is 9.55 Å². The van der Waals surface area contributed by atoms with Gasteiger partial charge in [-0.1, -0.05) is 11.6 Å². The Balaban J connectivity index is 2.91. The highest BCUT2D eigenvalue weighted by atomic mass is 35.5. The average Bonchev–Trinajstić information content (AvgIpc) is 2.40. The van der Waals surface area contributed by atoms with Crippen molar-refractivity contribution in [3.8, 4) is 0 Å². The molecular formula is C9H11ClFN2O6P. The molecule has 1 heterocycles. The molecule has 2 N–H and O–H groups in total. The lowest BCUT2D eigenvalue weighted by molar-refractivity contribution is -0.108. The van der Waals surface area contributed by atoms with E-state index in [4.69, 9.17) is 16.3 Å². The second-order valence-corrected chi connectivity index (χ2v) is 4.40. The molecule has 20 heavy (non-hydrogen) atoms. The molecule has 0 radical (unpaired) electrons. The molecule has 112 valence electrons. The van der Waals surface area contributed by atoms with Crippen molar-refractivity contribution in [3.63, 3.8) is 0 Å². The summed E-state index contributed by atoms with van der Waals surface area (Å²) in [6, 6.07) is 1.01. The van der Waals surface area contributed by atoms with E-state index in [1.165, 1.54) is 0 Å². The Bertz CT molecular complexity index is 550. The van der Waals surface area contributed by atoms with Crippen LogP contribution in [0.1, 0.15) is 6.23 Å². The van der Waals surface area contributed by atoms with Gasteiger partial charge in [0.25, 0.3) is 5.56 Å². The molecule has 11 heteroatoms. The van der Waals surface area contributed by atoms with Gasteiger partial charge in [0.2, 0.25) is 0 Å². The predicted octanol–water partition coefficient (Wildman–Crippen LogP) is 0.170. The van der Waals surface area contributed by atoms with Crippen molar-refractivity contribution in [1.29, 1.82) is 0 Å². The fraction of sp³-hybridized carbons (Fsp3) is 0.556. The van der Waals surface area contributed by atoms with Crippen LogP contribution in [0.4, 0.5) is 4.39 Å². The second kappa shape index (κ2) is 8.23. The van der Waals surface area contributed by atoms with Gasteiger partial charge in [-0.2, -0.15) is 0 Å². The van der Waals surface area contributed by atoms with E-state index >= 15 is 0 Å². The van der Waals surface area contributed by atoms with Gasteiger partial charge in [0, 0.05) is 12.3 Å². The van der Waals surface area contributed by atoms with Crippen molar-refractivity contribution >= 4 is 20.3 Å². The minimum Gasteiger partial charge on any atom is -0.375 e. The first-order valence-corrected chi connectivity index (χ1v) is 6.46. The number of rotatable bonds is 8. The third-order valence-corrected chi connectivity index (χ3v) is 2.76. The Morgan fingerprint density at radius 3 is 2.75 bits per heavy atom. The first-order valence-electron chi connectivity index (χ1n) is 5.29. The van der Waals surface area contributed by atoms with Gasteiger partial charge < -0.3 is 9.84 Å². The number of hydrogen-bond acceptors (Lipinski definition) is 6. The molecule has 0 spiro atoms. The van der Waals surface area contributed by atoms with Gasteiger partial charge in [0.05, 0.1) is 6.61 Å². The van der Waals surface area contributed by atoms with Gasteiger partial charge in [-0.05, 0) is 0 Å². The van der Waals surface area contributed by atoms with Crippen molar-refractivity contribution in [2.24, 2.45) is 0 Å². The number of ether oxygens (including phenoxy) is 1. The highest BCUT2D eigenvalue weighted by Crippen LogP contribution is 2.16. The maximum Gasteiger partial charge on any atom is 0.330 e. The number of aliphatic hydroxyl groups excluding tert-OH is 1. The van der Waals surface area contributed by atoms with Crippen LogP contribution in [0.25, 0.3) is 0 Å². The summed E-state index contributed by atoms with van der Waals surface area (Å²) in [6.45, 7) is -1.51. The fourth-order valence-corrected chi connectivity index (χ4v) is 1.66. The third kappa shape index (κ3) is 4.77. The van der Waals surface area contributed by atoms with Crippen molar-refractivity contribution in [3.05, 3.63) is 33.1 Å². The molecular weight excluding hydrogens is 318 g/mol. The minimum atomic E-state index is -1.57. The quantitative estimate of drug-likeness (QED) is 0.520. The molecule has 1 rings (SSSR count). The molecule has 0 unspecified atom stereocenters. The summed E-state index contributed by atoms with van der Waals surface area (Å²) in [6.07, 6.45) is -1.61. The van der Waals surface area contributed by atoms with Crippen molar-refractivity contribution in [2.75, 3.05) is 13.3 Å².